The molecule has 0 unspecified atom stereocenters. The molecule has 27 heavy (non-hydrogen) atoms. The van der Waals surface area contributed by atoms with Crippen molar-refractivity contribution in [2.24, 2.45) is 0 Å². The van der Waals surface area contributed by atoms with E-state index >= 15 is 0 Å². The summed E-state index contributed by atoms with van der Waals surface area (Å²) in [6, 6.07) is 15.1. The number of hydrogen-bond donors (Lipinski definition) is 1. The molecule has 3 aromatic carbocycles. The second-order valence-electron chi connectivity index (χ2n) is 5.92. The Balaban J connectivity index is 1.75. The summed E-state index contributed by atoms with van der Waals surface area (Å²) in [5, 5.41) is 5.38. The van der Waals surface area contributed by atoms with E-state index in [4.69, 9.17) is 25.8 Å². The minimum atomic E-state index is -0.243. The van der Waals surface area contributed by atoms with Gasteiger partial charge < -0.3 is 19.5 Å². The number of methoxy groups -OCH3 is 3. The Bertz CT molecular complexity index is 987. The van der Waals surface area contributed by atoms with Crippen molar-refractivity contribution in [2.45, 2.75) is 6.54 Å². The first kappa shape index (κ1) is 18.9. The third kappa shape index (κ3) is 4.09. The summed E-state index contributed by atoms with van der Waals surface area (Å²) in [4.78, 5) is 12.5. The maximum absolute atomic E-state index is 12.5. The predicted octanol–water partition coefficient (Wildman–Crippen LogP) is 4.45. The van der Waals surface area contributed by atoms with Gasteiger partial charge in [0.2, 0.25) is 0 Å². The van der Waals surface area contributed by atoms with Crippen LogP contribution in [0.2, 0.25) is 5.02 Å². The van der Waals surface area contributed by atoms with Gasteiger partial charge in [-0.25, -0.2) is 0 Å². The number of carbonyl (C=O) groups excluding carboxylic acids is 1. The second-order valence-corrected chi connectivity index (χ2v) is 6.33. The molecular formula is C21H20ClNO4. The van der Waals surface area contributed by atoms with Crippen molar-refractivity contribution < 1.29 is 19.0 Å². The van der Waals surface area contributed by atoms with Crippen LogP contribution in [0.15, 0.2) is 48.5 Å². The third-order valence-corrected chi connectivity index (χ3v) is 4.54. The van der Waals surface area contributed by atoms with Crippen molar-refractivity contribution >= 4 is 28.3 Å². The fourth-order valence-corrected chi connectivity index (χ4v) is 3.13. The molecule has 0 fully saturated rings. The molecule has 0 saturated carbocycles. The number of nitrogens with one attached hydrogen (secondary N) is 1. The van der Waals surface area contributed by atoms with Crippen LogP contribution < -0.4 is 19.5 Å². The Morgan fingerprint density at radius 3 is 2.37 bits per heavy atom. The fourth-order valence-electron chi connectivity index (χ4n) is 2.84. The second kappa shape index (κ2) is 8.18. The van der Waals surface area contributed by atoms with E-state index in [1.165, 1.54) is 14.2 Å². The van der Waals surface area contributed by atoms with Gasteiger partial charge in [-0.1, -0.05) is 29.8 Å². The van der Waals surface area contributed by atoms with Gasteiger partial charge in [-0.15, -0.1) is 0 Å². The van der Waals surface area contributed by atoms with Crippen molar-refractivity contribution in [2.75, 3.05) is 21.3 Å². The minimum Gasteiger partial charge on any atom is -0.497 e. The van der Waals surface area contributed by atoms with Crippen LogP contribution in [0.1, 0.15) is 15.9 Å². The first-order valence-electron chi connectivity index (χ1n) is 8.32. The number of rotatable bonds is 6. The molecule has 6 heteroatoms. The average Bonchev–Trinajstić information content (AvgIpc) is 2.70. The lowest BCUT2D eigenvalue weighted by Gasteiger charge is -2.12. The van der Waals surface area contributed by atoms with E-state index in [0.29, 0.717) is 28.6 Å². The molecule has 5 nitrogen and oxygen atoms in total. The maximum Gasteiger partial charge on any atom is 0.251 e. The first-order valence-corrected chi connectivity index (χ1v) is 8.70. The topological polar surface area (TPSA) is 56.8 Å². The summed E-state index contributed by atoms with van der Waals surface area (Å²) >= 11 is 6.17. The normalized spacial score (nSPS) is 10.5. The van der Waals surface area contributed by atoms with E-state index in [-0.39, 0.29) is 5.91 Å². The van der Waals surface area contributed by atoms with Crippen LogP contribution in [0, 0.1) is 0 Å². The van der Waals surface area contributed by atoms with E-state index < -0.39 is 0 Å². The molecule has 0 bridgehead atoms. The number of hydrogen-bond acceptors (Lipinski definition) is 4. The SMILES string of the molecule is COc1ccc2cc(CNC(=O)c3cc(Cl)c(OC)c(OC)c3)ccc2c1. The standard InChI is InChI=1S/C21H20ClNO4/c1-25-17-7-6-14-8-13(4-5-15(14)9-17)12-23-21(24)16-10-18(22)20(27-3)19(11-16)26-2/h4-11H,12H2,1-3H3,(H,23,24). The zero-order valence-corrected chi connectivity index (χ0v) is 16.1. The highest BCUT2D eigenvalue weighted by Crippen LogP contribution is 2.36. The Morgan fingerprint density at radius 2 is 1.67 bits per heavy atom. The molecule has 3 rings (SSSR count). The van der Waals surface area contributed by atoms with Crippen LogP contribution in [0.4, 0.5) is 0 Å². The summed E-state index contributed by atoms with van der Waals surface area (Å²) in [5.74, 6) is 1.39. The molecule has 0 spiro atoms. The van der Waals surface area contributed by atoms with Crippen molar-refractivity contribution in [3.8, 4) is 17.2 Å². The molecule has 3 aromatic rings. The Kier molecular flexibility index (Phi) is 5.72. The largest absolute Gasteiger partial charge is 0.497 e. The number of carbonyl (C=O) groups is 1. The molecule has 0 aliphatic carbocycles. The fraction of sp³-hybridized carbons (Fsp3) is 0.190. The zero-order chi connectivity index (χ0) is 19.4. The highest BCUT2D eigenvalue weighted by molar-refractivity contribution is 6.32. The van der Waals surface area contributed by atoms with Crippen LogP contribution in [0.3, 0.4) is 0 Å². The maximum atomic E-state index is 12.5. The molecule has 0 saturated heterocycles. The number of fused-ring (bicyclic) bond motifs is 1. The Labute approximate surface area is 162 Å². The third-order valence-electron chi connectivity index (χ3n) is 4.26. The van der Waals surface area contributed by atoms with Crippen LogP contribution in [0.5, 0.6) is 17.2 Å². The van der Waals surface area contributed by atoms with Gasteiger partial charge in [0.25, 0.3) is 5.91 Å². The van der Waals surface area contributed by atoms with Crippen molar-refractivity contribution in [1.82, 2.24) is 5.32 Å². The van der Waals surface area contributed by atoms with Crippen molar-refractivity contribution in [1.29, 1.82) is 0 Å². The minimum absolute atomic E-state index is 0.243. The average molecular weight is 386 g/mol. The lowest BCUT2D eigenvalue weighted by Crippen LogP contribution is -2.22. The zero-order valence-electron chi connectivity index (χ0n) is 15.3. The monoisotopic (exact) mass is 385 g/mol. The molecule has 0 heterocycles. The van der Waals surface area contributed by atoms with Gasteiger partial charge in [0.05, 0.1) is 26.4 Å². The van der Waals surface area contributed by atoms with E-state index in [1.54, 1.807) is 19.2 Å². The first-order chi connectivity index (χ1) is 13.0. The van der Waals surface area contributed by atoms with Gasteiger partial charge in [0.1, 0.15) is 5.75 Å². The van der Waals surface area contributed by atoms with Crippen LogP contribution in [-0.2, 0) is 6.54 Å². The molecule has 140 valence electrons. The van der Waals surface area contributed by atoms with Crippen LogP contribution in [-0.4, -0.2) is 27.2 Å². The summed E-state index contributed by atoms with van der Waals surface area (Å²) < 4.78 is 15.7. The lowest BCUT2D eigenvalue weighted by molar-refractivity contribution is 0.0950. The van der Waals surface area contributed by atoms with E-state index in [0.717, 1.165) is 22.1 Å². The van der Waals surface area contributed by atoms with Gasteiger partial charge in [0.15, 0.2) is 11.5 Å². The molecule has 0 aliphatic heterocycles. The van der Waals surface area contributed by atoms with E-state index in [1.807, 2.05) is 36.4 Å². The highest BCUT2D eigenvalue weighted by Gasteiger charge is 2.15. The van der Waals surface area contributed by atoms with Crippen LogP contribution >= 0.6 is 11.6 Å². The van der Waals surface area contributed by atoms with Gasteiger partial charge in [-0.3, -0.25) is 4.79 Å². The molecule has 0 aromatic heterocycles. The number of ether oxygens (including phenoxy) is 3. The number of amides is 1. The highest BCUT2D eigenvalue weighted by atomic mass is 35.5. The summed E-state index contributed by atoms with van der Waals surface area (Å²) in [7, 11) is 4.64. The quantitative estimate of drug-likeness (QED) is 0.681. The smallest absolute Gasteiger partial charge is 0.251 e. The summed E-state index contributed by atoms with van der Waals surface area (Å²) in [6.07, 6.45) is 0. The van der Waals surface area contributed by atoms with Crippen molar-refractivity contribution in [3.05, 3.63) is 64.7 Å². The molecular weight excluding hydrogens is 366 g/mol. The molecule has 0 atom stereocenters. The Morgan fingerprint density at radius 1 is 0.926 bits per heavy atom. The number of benzene rings is 3. The van der Waals surface area contributed by atoms with Gasteiger partial charge in [0, 0.05) is 12.1 Å². The molecule has 0 aliphatic rings. The van der Waals surface area contributed by atoms with Gasteiger partial charge >= 0.3 is 0 Å². The van der Waals surface area contributed by atoms with Crippen LogP contribution in [0.25, 0.3) is 10.8 Å². The summed E-state index contributed by atoms with van der Waals surface area (Å²) in [5.41, 5.74) is 1.40. The van der Waals surface area contributed by atoms with Crippen molar-refractivity contribution in [3.63, 3.8) is 0 Å². The van der Waals surface area contributed by atoms with Gasteiger partial charge in [-0.05, 0) is 46.7 Å². The molecule has 1 amide bonds. The lowest BCUT2D eigenvalue weighted by atomic mass is 10.1. The Hall–Kier alpha value is -2.92. The van der Waals surface area contributed by atoms with E-state index in [9.17, 15) is 4.79 Å². The predicted molar refractivity (Wildman–Crippen MR) is 106 cm³/mol. The molecule has 1 N–H and O–H groups in total. The van der Waals surface area contributed by atoms with Gasteiger partial charge in [-0.2, -0.15) is 0 Å². The summed E-state index contributed by atoms with van der Waals surface area (Å²) in [6.45, 7) is 0.396. The van der Waals surface area contributed by atoms with E-state index in [2.05, 4.69) is 5.32 Å². The number of halogens is 1. The molecule has 0 radical (unpaired) electrons.